The Bertz CT molecular complexity index is 1040. The first-order valence-corrected chi connectivity index (χ1v) is 10.6. The number of carboxylic acids is 1. The molecule has 148 valence electrons. The lowest BCUT2D eigenvalue weighted by atomic mass is 9.80. The Morgan fingerprint density at radius 1 is 1.17 bits per heavy atom. The van der Waals surface area contributed by atoms with E-state index in [0.717, 1.165) is 41.0 Å². The van der Waals surface area contributed by atoms with Gasteiger partial charge in [-0.2, -0.15) is 0 Å². The van der Waals surface area contributed by atoms with Gasteiger partial charge in [-0.3, -0.25) is 4.98 Å². The molecule has 0 bridgehead atoms. The standard InChI is InChI=1S/C24H22FNO2S/c25-19-5-2-6-20(14-19)29-21-9-10-22-16(3-1-4-17(22)13-21)7-8-18-15-26-12-11-23(18)24(27)28/h2,5-6,9-16H,1,3-4,7-8H2,(H,27,28). The third-order valence-corrected chi connectivity index (χ3v) is 6.46. The summed E-state index contributed by atoms with van der Waals surface area (Å²) in [6, 6.07) is 14.8. The Labute approximate surface area is 174 Å². The van der Waals surface area contributed by atoms with Crippen LogP contribution in [0.5, 0.6) is 0 Å². The summed E-state index contributed by atoms with van der Waals surface area (Å²) in [5, 5.41) is 9.38. The number of hydrogen-bond acceptors (Lipinski definition) is 3. The smallest absolute Gasteiger partial charge is 0.336 e. The third-order valence-electron chi connectivity index (χ3n) is 5.48. The van der Waals surface area contributed by atoms with Gasteiger partial charge in [-0.15, -0.1) is 0 Å². The summed E-state index contributed by atoms with van der Waals surface area (Å²) >= 11 is 1.58. The minimum absolute atomic E-state index is 0.218. The highest BCUT2D eigenvalue weighted by molar-refractivity contribution is 7.99. The quantitative estimate of drug-likeness (QED) is 0.535. The van der Waals surface area contributed by atoms with Crippen molar-refractivity contribution < 1.29 is 14.3 Å². The van der Waals surface area contributed by atoms with Gasteiger partial charge in [0.05, 0.1) is 5.56 Å². The molecule has 1 aliphatic rings. The number of halogens is 1. The lowest BCUT2D eigenvalue weighted by Crippen LogP contribution is -2.12. The molecule has 29 heavy (non-hydrogen) atoms. The van der Waals surface area contributed by atoms with Crippen molar-refractivity contribution >= 4 is 17.7 Å². The molecule has 3 nitrogen and oxygen atoms in total. The topological polar surface area (TPSA) is 50.2 Å². The van der Waals surface area contributed by atoms with E-state index in [-0.39, 0.29) is 5.82 Å². The summed E-state index contributed by atoms with van der Waals surface area (Å²) in [6.45, 7) is 0. The lowest BCUT2D eigenvalue weighted by Gasteiger charge is -2.26. The highest BCUT2D eigenvalue weighted by atomic mass is 32.2. The van der Waals surface area contributed by atoms with Crippen LogP contribution in [0.3, 0.4) is 0 Å². The molecule has 0 aliphatic heterocycles. The van der Waals surface area contributed by atoms with E-state index in [2.05, 4.69) is 23.2 Å². The van der Waals surface area contributed by atoms with E-state index in [1.165, 1.54) is 23.4 Å². The maximum Gasteiger partial charge on any atom is 0.336 e. The number of fused-ring (bicyclic) bond motifs is 1. The monoisotopic (exact) mass is 407 g/mol. The number of nitrogens with zero attached hydrogens (tertiary/aromatic N) is 1. The number of rotatable bonds is 6. The molecule has 0 amide bonds. The molecule has 0 fully saturated rings. The fourth-order valence-corrected chi connectivity index (χ4v) is 5.01. The number of carboxylic acid groups (broad SMARTS) is 1. The first kappa shape index (κ1) is 19.6. The van der Waals surface area contributed by atoms with Crippen molar-refractivity contribution in [1.82, 2.24) is 4.98 Å². The number of benzene rings is 2. The second-order valence-electron chi connectivity index (χ2n) is 7.39. The van der Waals surface area contributed by atoms with E-state index < -0.39 is 5.97 Å². The van der Waals surface area contributed by atoms with Gasteiger partial charge in [0.25, 0.3) is 0 Å². The summed E-state index contributed by atoms with van der Waals surface area (Å²) in [5.74, 6) is -0.691. The molecule has 0 saturated carbocycles. The third kappa shape index (κ3) is 4.67. The number of carbonyl (C=O) groups is 1. The van der Waals surface area contributed by atoms with Crippen LogP contribution in [0.25, 0.3) is 0 Å². The number of aryl methyl sites for hydroxylation is 2. The predicted octanol–water partition coefficient (Wildman–Crippen LogP) is 6.12. The van der Waals surface area contributed by atoms with E-state index >= 15 is 0 Å². The van der Waals surface area contributed by atoms with Crippen molar-refractivity contribution in [3.63, 3.8) is 0 Å². The summed E-state index contributed by atoms with van der Waals surface area (Å²) in [5.41, 5.74) is 3.86. The zero-order chi connectivity index (χ0) is 20.2. The van der Waals surface area contributed by atoms with Crippen LogP contribution in [0.1, 0.15) is 52.2 Å². The number of aromatic nitrogens is 1. The van der Waals surface area contributed by atoms with Crippen LogP contribution in [0.15, 0.2) is 70.7 Å². The van der Waals surface area contributed by atoms with Crippen LogP contribution in [0, 0.1) is 5.82 Å². The fraction of sp³-hybridized carbons (Fsp3) is 0.250. The van der Waals surface area contributed by atoms with Gasteiger partial charge >= 0.3 is 5.97 Å². The van der Waals surface area contributed by atoms with E-state index in [4.69, 9.17) is 0 Å². The minimum atomic E-state index is -0.898. The van der Waals surface area contributed by atoms with Crippen molar-refractivity contribution in [2.24, 2.45) is 0 Å². The molecule has 1 aromatic heterocycles. The van der Waals surface area contributed by atoms with Crippen LogP contribution in [-0.4, -0.2) is 16.1 Å². The summed E-state index contributed by atoms with van der Waals surface area (Å²) in [7, 11) is 0. The van der Waals surface area contributed by atoms with E-state index in [0.29, 0.717) is 17.9 Å². The minimum Gasteiger partial charge on any atom is -0.478 e. The molecule has 1 aliphatic carbocycles. The molecular weight excluding hydrogens is 385 g/mol. The molecule has 2 aromatic carbocycles. The Kier molecular flexibility index (Phi) is 5.95. The van der Waals surface area contributed by atoms with Gasteiger partial charge in [0.15, 0.2) is 0 Å². The molecular formula is C24H22FNO2S. The molecule has 1 N–H and O–H groups in total. The van der Waals surface area contributed by atoms with Crippen LogP contribution in [-0.2, 0) is 12.8 Å². The second-order valence-corrected chi connectivity index (χ2v) is 8.53. The van der Waals surface area contributed by atoms with Crippen LogP contribution < -0.4 is 0 Å². The molecule has 0 saturated heterocycles. The highest BCUT2D eigenvalue weighted by Gasteiger charge is 2.21. The molecule has 0 radical (unpaired) electrons. The predicted molar refractivity (Wildman–Crippen MR) is 112 cm³/mol. The number of pyridine rings is 1. The van der Waals surface area contributed by atoms with Gasteiger partial charge in [0, 0.05) is 22.2 Å². The second kappa shape index (κ2) is 8.78. The zero-order valence-electron chi connectivity index (χ0n) is 16.0. The highest BCUT2D eigenvalue weighted by Crippen LogP contribution is 2.38. The van der Waals surface area contributed by atoms with Crippen LogP contribution in [0.2, 0.25) is 0 Å². The van der Waals surface area contributed by atoms with Crippen molar-refractivity contribution in [1.29, 1.82) is 0 Å². The van der Waals surface area contributed by atoms with E-state index in [1.54, 1.807) is 36.2 Å². The van der Waals surface area contributed by atoms with Gasteiger partial charge in [-0.05, 0) is 91.1 Å². The normalized spacial score (nSPS) is 15.7. The molecule has 1 atom stereocenters. The maximum absolute atomic E-state index is 13.4. The lowest BCUT2D eigenvalue weighted by molar-refractivity contribution is 0.0695. The summed E-state index contributed by atoms with van der Waals surface area (Å²) < 4.78 is 13.4. The molecule has 4 rings (SSSR count). The van der Waals surface area contributed by atoms with Crippen molar-refractivity contribution in [3.05, 3.63) is 89.0 Å². The Balaban J connectivity index is 1.49. The molecule has 1 unspecified atom stereocenters. The number of aromatic carboxylic acids is 1. The van der Waals surface area contributed by atoms with Gasteiger partial charge in [0.2, 0.25) is 0 Å². The number of hydrogen-bond donors (Lipinski definition) is 1. The Hall–Kier alpha value is -2.66. The van der Waals surface area contributed by atoms with E-state index in [1.807, 2.05) is 6.07 Å². The maximum atomic E-state index is 13.4. The Morgan fingerprint density at radius 3 is 2.86 bits per heavy atom. The van der Waals surface area contributed by atoms with Crippen molar-refractivity contribution in [3.8, 4) is 0 Å². The van der Waals surface area contributed by atoms with Gasteiger partial charge < -0.3 is 5.11 Å². The first-order valence-electron chi connectivity index (χ1n) is 9.82. The molecule has 5 heteroatoms. The van der Waals surface area contributed by atoms with Crippen molar-refractivity contribution in [2.45, 2.75) is 47.8 Å². The van der Waals surface area contributed by atoms with Crippen LogP contribution in [0.4, 0.5) is 4.39 Å². The van der Waals surface area contributed by atoms with Crippen LogP contribution >= 0.6 is 11.8 Å². The van der Waals surface area contributed by atoms with Gasteiger partial charge in [-0.1, -0.05) is 23.9 Å². The molecule has 3 aromatic rings. The van der Waals surface area contributed by atoms with Crippen molar-refractivity contribution in [2.75, 3.05) is 0 Å². The summed E-state index contributed by atoms with van der Waals surface area (Å²) in [4.78, 5) is 17.5. The van der Waals surface area contributed by atoms with Gasteiger partial charge in [-0.25, -0.2) is 9.18 Å². The van der Waals surface area contributed by atoms with Gasteiger partial charge in [0.1, 0.15) is 5.82 Å². The average molecular weight is 408 g/mol. The largest absolute Gasteiger partial charge is 0.478 e. The zero-order valence-corrected chi connectivity index (χ0v) is 16.8. The SMILES string of the molecule is O=C(O)c1ccncc1CCC1CCCc2cc(Sc3cccc(F)c3)ccc21. The molecule has 0 spiro atoms. The molecule has 1 heterocycles. The first-order chi connectivity index (χ1) is 14.1. The average Bonchev–Trinajstić information content (AvgIpc) is 2.72. The fourth-order valence-electron chi connectivity index (χ4n) is 4.09. The summed E-state index contributed by atoms with van der Waals surface area (Å²) in [6.07, 6.45) is 8.12. The van der Waals surface area contributed by atoms with E-state index in [9.17, 15) is 14.3 Å². The Morgan fingerprint density at radius 2 is 2.03 bits per heavy atom.